The number of amides is 3. The van der Waals surface area contributed by atoms with Crippen LogP contribution in [0.4, 0.5) is 37.1 Å². The largest absolute Gasteiger partial charge is 0.433 e. The number of aromatic nitrogens is 2. The summed E-state index contributed by atoms with van der Waals surface area (Å²) in [5.41, 5.74) is 2.56. The molecule has 172 valence electrons. The highest BCUT2D eigenvalue weighted by atomic mass is 35.5. The SMILES string of the molecule is CN1C(=O)[N+](Cc2cccc(C(F)(F)F)c2Cl)(c2nccc(C(F)(F)F)n2)CC1C(N)=O. The summed E-state index contributed by atoms with van der Waals surface area (Å²) in [7, 11) is 1.19. The van der Waals surface area contributed by atoms with Crippen LogP contribution in [0, 0.1) is 0 Å². The summed E-state index contributed by atoms with van der Waals surface area (Å²) in [4.78, 5) is 33.1. The average molecular weight is 483 g/mol. The summed E-state index contributed by atoms with van der Waals surface area (Å²) in [5, 5.41) is -0.734. The molecule has 0 bridgehead atoms. The molecule has 0 spiro atoms. The highest BCUT2D eigenvalue weighted by molar-refractivity contribution is 6.32. The van der Waals surface area contributed by atoms with Gasteiger partial charge in [-0.2, -0.15) is 40.8 Å². The van der Waals surface area contributed by atoms with Gasteiger partial charge in [-0.3, -0.25) is 9.69 Å². The standard InChI is InChI=1S/C18H14ClF6N5O2/c1-29-11(14(26)31)8-30(16(29)32,15-27-6-5-12(28-15)18(23,24)25)7-9-3-2-4-10(13(9)19)17(20,21)22/h2-6,11H,7-8H2,1H3,(H-,26,31)/p+1. The molecule has 1 saturated heterocycles. The molecule has 2 N–H and O–H groups in total. The Morgan fingerprint density at radius 3 is 2.41 bits per heavy atom. The zero-order chi connectivity index (χ0) is 24.1. The fraction of sp³-hybridized carbons (Fsp3) is 0.333. The lowest BCUT2D eigenvalue weighted by Crippen LogP contribution is -2.52. The molecule has 2 aromatic rings. The van der Waals surface area contributed by atoms with Crippen molar-refractivity contribution < 1.29 is 35.9 Å². The summed E-state index contributed by atoms with van der Waals surface area (Å²) in [6.45, 7) is -1.14. The molecule has 0 aliphatic carbocycles. The van der Waals surface area contributed by atoms with E-state index >= 15 is 0 Å². The van der Waals surface area contributed by atoms with Crippen molar-refractivity contribution in [1.82, 2.24) is 19.4 Å². The molecule has 3 amide bonds. The van der Waals surface area contributed by atoms with E-state index in [1.54, 1.807) is 0 Å². The van der Waals surface area contributed by atoms with Crippen LogP contribution in [0.2, 0.25) is 5.02 Å². The van der Waals surface area contributed by atoms with Crippen LogP contribution in [0.25, 0.3) is 0 Å². The van der Waals surface area contributed by atoms with Crippen LogP contribution >= 0.6 is 11.6 Å². The number of carbonyl (C=O) groups is 2. The van der Waals surface area contributed by atoms with Gasteiger partial charge in [-0.25, -0.2) is 4.79 Å². The molecular weight excluding hydrogens is 468 g/mol. The Hall–Kier alpha value is -2.93. The van der Waals surface area contributed by atoms with E-state index in [0.29, 0.717) is 6.07 Å². The zero-order valence-corrected chi connectivity index (χ0v) is 17.0. The second-order valence-corrected chi connectivity index (χ2v) is 7.51. The first-order valence-corrected chi connectivity index (χ1v) is 9.25. The minimum Gasteiger partial charge on any atom is -0.368 e. The highest BCUT2D eigenvalue weighted by Crippen LogP contribution is 2.39. The smallest absolute Gasteiger partial charge is 0.368 e. The molecule has 0 saturated carbocycles. The predicted molar refractivity (Wildman–Crippen MR) is 100.0 cm³/mol. The Kier molecular flexibility index (Phi) is 5.85. The van der Waals surface area contributed by atoms with Crippen molar-refractivity contribution in [3.8, 4) is 0 Å². The lowest BCUT2D eigenvalue weighted by molar-refractivity contribution is -0.141. The van der Waals surface area contributed by atoms with E-state index in [2.05, 4.69) is 9.97 Å². The second-order valence-electron chi connectivity index (χ2n) is 7.14. The predicted octanol–water partition coefficient (Wildman–Crippen LogP) is 3.59. The van der Waals surface area contributed by atoms with E-state index in [1.165, 1.54) is 13.1 Å². The number of alkyl halides is 6. The number of primary amides is 1. The topological polar surface area (TPSA) is 89.2 Å². The van der Waals surface area contributed by atoms with Crippen molar-refractivity contribution in [2.75, 3.05) is 13.6 Å². The molecule has 2 atom stereocenters. The maximum Gasteiger partial charge on any atom is 0.433 e. The van der Waals surface area contributed by atoms with Crippen LogP contribution in [0.1, 0.15) is 16.8 Å². The molecule has 1 aromatic carbocycles. The third-order valence-electron chi connectivity index (χ3n) is 5.09. The monoisotopic (exact) mass is 482 g/mol. The van der Waals surface area contributed by atoms with E-state index in [0.717, 1.165) is 23.2 Å². The van der Waals surface area contributed by atoms with Crippen LogP contribution < -0.4 is 10.2 Å². The number of urea groups is 1. The Balaban J connectivity index is 2.21. The number of hydrogen-bond donors (Lipinski definition) is 1. The highest BCUT2D eigenvalue weighted by Gasteiger charge is 2.57. The maximum atomic E-state index is 13.3. The minimum absolute atomic E-state index is 0.200. The molecule has 32 heavy (non-hydrogen) atoms. The molecule has 2 heterocycles. The number of likely N-dealkylation sites (N-methyl/N-ethyl adjacent to an activating group) is 1. The summed E-state index contributed by atoms with van der Waals surface area (Å²) in [6, 6.07) is 1.35. The summed E-state index contributed by atoms with van der Waals surface area (Å²) in [5.74, 6) is -1.61. The van der Waals surface area contributed by atoms with Gasteiger partial charge in [0.15, 0.2) is 11.7 Å². The number of benzene rings is 1. The lowest BCUT2D eigenvalue weighted by Gasteiger charge is -2.28. The summed E-state index contributed by atoms with van der Waals surface area (Å²) < 4.78 is 78.4. The molecular formula is C18H15ClF6N5O2+. The summed E-state index contributed by atoms with van der Waals surface area (Å²) >= 11 is 5.94. The van der Waals surface area contributed by atoms with E-state index in [-0.39, 0.29) is 5.56 Å². The van der Waals surface area contributed by atoms with Crippen LogP contribution in [0.5, 0.6) is 0 Å². The Bertz CT molecular complexity index is 1080. The normalized spacial score (nSPS) is 21.8. The number of quaternary nitrogens is 1. The Labute approximate surface area is 182 Å². The van der Waals surface area contributed by atoms with E-state index in [9.17, 15) is 35.9 Å². The van der Waals surface area contributed by atoms with Gasteiger partial charge in [0.05, 0.1) is 10.6 Å². The summed E-state index contributed by atoms with van der Waals surface area (Å²) in [6.07, 6.45) is -8.93. The van der Waals surface area contributed by atoms with Crippen molar-refractivity contribution in [2.24, 2.45) is 5.73 Å². The first kappa shape index (κ1) is 23.7. The van der Waals surface area contributed by atoms with Crippen LogP contribution in [-0.4, -0.2) is 46.4 Å². The van der Waals surface area contributed by atoms with Gasteiger partial charge >= 0.3 is 24.3 Å². The number of halogens is 7. The Morgan fingerprint density at radius 1 is 1.22 bits per heavy atom. The number of nitrogens with zero attached hydrogens (tertiary/aromatic N) is 4. The minimum atomic E-state index is -4.88. The fourth-order valence-electron chi connectivity index (χ4n) is 3.51. The number of carbonyl (C=O) groups excluding carboxylic acids is 2. The van der Waals surface area contributed by atoms with Gasteiger partial charge < -0.3 is 5.73 Å². The third kappa shape index (κ3) is 4.09. The first-order valence-electron chi connectivity index (χ1n) is 8.87. The molecule has 0 radical (unpaired) electrons. The van der Waals surface area contributed by atoms with Crippen molar-refractivity contribution >= 4 is 29.5 Å². The number of rotatable bonds is 4. The van der Waals surface area contributed by atoms with Crippen molar-refractivity contribution in [2.45, 2.75) is 24.9 Å². The van der Waals surface area contributed by atoms with E-state index < -0.39 is 70.1 Å². The molecule has 14 heteroatoms. The van der Waals surface area contributed by atoms with Gasteiger partial charge in [-0.05, 0) is 12.1 Å². The number of nitrogens with two attached hydrogens (primary N) is 1. The van der Waals surface area contributed by atoms with E-state index in [1.807, 2.05) is 0 Å². The fourth-order valence-corrected chi connectivity index (χ4v) is 3.80. The van der Waals surface area contributed by atoms with Crippen LogP contribution in [-0.2, 0) is 23.7 Å². The molecule has 2 unspecified atom stereocenters. The molecule has 1 aromatic heterocycles. The Morgan fingerprint density at radius 2 is 1.88 bits per heavy atom. The molecule has 1 aliphatic heterocycles. The van der Waals surface area contributed by atoms with Gasteiger partial charge in [-0.15, -0.1) is 0 Å². The van der Waals surface area contributed by atoms with Gasteiger partial charge in [0.1, 0.15) is 13.1 Å². The molecule has 1 aliphatic rings. The van der Waals surface area contributed by atoms with E-state index in [4.69, 9.17) is 17.3 Å². The van der Waals surface area contributed by atoms with Gasteiger partial charge in [0.2, 0.25) is 5.91 Å². The van der Waals surface area contributed by atoms with Crippen molar-refractivity contribution in [3.05, 3.63) is 52.3 Å². The van der Waals surface area contributed by atoms with Gasteiger partial charge in [0.25, 0.3) is 0 Å². The quantitative estimate of drug-likeness (QED) is 0.533. The van der Waals surface area contributed by atoms with Crippen LogP contribution in [0.3, 0.4) is 0 Å². The van der Waals surface area contributed by atoms with Crippen LogP contribution in [0.15, 0.2) is 30.5 Å². The van der Waals surface area contributed by atoms with Crippen molar-refractivity contribution in [3.63, 3.8) is 0 Å². The lowest BCUT2D eigenvalue weighted by atomic mass is 10.1. The van der Waals surface area contributed by atoms with Gasteiger partial charge in [0, 0.05) is 18.8 Å². The number of hydrogen-bond acceptors (Lipinski definition) is 4. The van der Waals surface area contributed by atoms with Crippen molar-refractivity contribution in [1.29, 1.82) is 0 Å². The average Bonchev–Trinajstić information content (AvgIpc) is 2.94. The molecule has 3 rings (SSSR count). The maximum absolute atomic E-state index is 13.3. The third-order valence-corrected chi connectivity index (χ3v) is 5.54. The zero-order valence-electron chi connectivity index (χ0n) is 16.2. The second kappa shape index (κ2) is 7.89. The van der Waals surface area contributed by atoms with Gasteiger partial charge in [-0.1, -0.05) is 23.7 Å². The molecule has 1 fully saturated rings. The molecule has 7 nitrogen and oxygen atoms in total. The first-order chi connectivity index (χ1) is 14.7.